The van der Waals surface area contributed by atoms with Crippen molar-refractivity contribution in [2.75, 3.05) is 10.6 Å². The second-order valence-electron chi connectivity index (χ2n) is 6.38. The molecule has 0 unspecified atom stereocenters. The maximum atomic E-state index is 12.6. The van der Waals surface area contributed by atoms with Gasteiger partial charge in [-0.3, -0.25) is 19.0 Å². The Morgan fingerprint density at radius 2 is 1.32 bits per heavy atom. The van der Waals surface area contributed by atoms with Crippen molar-refractivity contribution in [1.82, 2.24) is 19.6 Å². The number of imide groups is 1. The van der Waals surface area contributed by atoms with E-state index in [1.54, 1.807) is 55.4 Å². The SMILES string of the molecule is Cn1nccc1N.Cn1nccc1N1C(=O)c2cc3ccccc3cc2C1=O. The van der Waals surface area contributed by atoms with Crippen molar-refractivity contribution in [3.05, 3.63) is 72.1 Å². The number of carbonyl (C=O) groups excluding carboxylic acids is 2. The molecule has 28 heavy (non-hydrogen) atoms. The lowest BCUT2D eigenvalue weighted by molar-refractivity contribution is 0.0923. The molecule has 0 atom stereocenters. The van der Waals surface area contributed by atoms with E-state index in [1.807, 2.05) is 24.3 Å². The highest BCUT2D eigenvalue weighted by atomic mass is 16.2. The molecule has 4 aromatic rings. The Balaban J connectivity index is 0.000000233. The molecule has 0 spiro atoms. The Bertz CT molecular complexity index is 1140. The Morgan fingerprint density at radius 3 is 1.71 bits per heavy atom. The summed E-state index contributed by atoms with van der Waals surface area (Å²) < 4.78 is 3.13. The highest BCUT2D eigenvalue weighted by Gasteiger charge is 2.38. The van der Waals surface area contributed by atoms with Crippen LogP contribution in [0.15, 0.2) is 60.9 Å². The predicted octanol–water partition coefficient (Wildman–Crippen LogP) is 2.38. The van der Waals surface area contributed by atoms with E-state index in [2.05, 4.69) is 10.2 Å². The van der Waals surface area contributed by atoms with Crippen molar-refractivity contribution in [1.29, 1.82) is 0 Å². The highest BCUT2D eigenvalue weighted by molar-refractivity contribution is 6.35. The molecule has 0 saturated heterocycles. The quantitative estimate of drug-likeness (QED) is 0.516. The summed E-state index contributed by atoms with van der Waals surface area (Å²) in [4.78, 5) is 26.3. The Kier molecular flexibility index (Phi) is 4.15. The topological polar surface area (TPSA) is 99.0 Å². The third kappa shape index (κ3) is 2.81. The first-order chi connectivity index (χ1) is 13.5. The number of hydrogen-bond acceptors (Lipinski definition) is 5. The summed E-state index contributed by atoms with van der Waals surface area (Å²) in [6, 6.07) is 14.6. The number of carbonyl (C=O) groups is 2. The number of rotatable bonds is 1. The van der Waals surface area contributed by atoms with Gasteiger partial charge in [0.1, 0.15) is 11.6 Å². The molecule has 2 N–H and O–H groups in total. The van der Waals surface area contributed by atoms with E-state index in [1.165, 1.54) is 9.58 Å². The fourth-order valence-corrected chi connectivity index (χ4v) is 3.11. The molecule has 5 rings (SSSR count). The molecule has 0 saturated carbocycles. The molecule has 8 heteroatoms. The molecular weight excluding hydrogens is 356 g/mol. The number of nitrogens with two attached hydrogens (primary N) is 1. The molecule has 1 aliphatic heterocycles. The summed E-state index contributed by atoms with van der Waals surface area (Å²) in [5.41, 5.74) is 6.23. The monoisotopic (exact) mass is 374 g/mol. The van der Waals surface area contributed by atoms with Crippen LogP contribution in [0.5, 0.6) is 0 Å². The minimum absolute atomic E-state index is 0.302. The van der Waals surface area contributed by atoms with E-state index in [0.29, 0.717) is 22.8 Å². The second-order valence-corrected chi connectivity index (χ2v) is 6.38. The van der Waals surface area contributed by atoms with Crippen LogP contribution in [0, 0.1) is 0 Å². The Morgan fingerprint density at radius 1 is 0.786 bits per heavy atom. The van der Waals surface area contributed by atoms with Crippen LogP contribution in [0.1, 0.15) is 20.7 Å². The summed E-state index contributed by atoms with van der Waals surface area (Å²) in [5.74, 6) is 0.568. The summed E-state index contributed by atoms with van der Waals surface area (Å²) in [6.07, 6.45) is 3.23. The Labute approximate surface area is 160 Å². The van der Waals surface area contributed by atoms with Gasteiger partial charge in [-0.25, -0.2) is 4.90 Å². The third-order valence-corrected chi connectivity index (χ3v) is 4.64. The van der Waals surface area contributed by atoms with Gasteiger partial charge in [-0.05, 0) is 29.0 Å². The number of anilines is 2. The van der Waals surface area contributed by atoms with Gasteiger partial charge in [0.25, 0.3) is 11.8 Å². The van der Waals surface area contributed by atoms with Gasteiger partial charge in [0, 0.05) is 20.2 Å². The highest BCUT2D eigenvalue weighted by Crippen LogP contribution is 2.31. The maximum Gasteiger partial charge on any atom is 0.267 e. The molecule has 3 heterocycles. The van der Waals surface area contributed by atoms with Crippen LogP contribution < -0.4 is 10.6 Å². The van der Waals surface area contributed by atoms with Gasteiger partial charge in [-0.15, -0.1) is 0 Å². The van der Waals surface area contributed by atoms with Crippen molar-refractivity contribution in [3.8, 4) is 0 Å². The van der Waals surface area contributed by atoms with E-state index >= 15 is 0 Å². The van der Waals surface area contributed by atoms with Crippen LogP contribution >= 0.6 is 0 Å². The predicted molar refractivity (Wildman–Crippen MR) is 106 cm³/mol. The van der Waals surface area contributed by atoms with Gasteiger partial charge in [-0.2, -0.15) is 10.2 Å². The number of aromatic nitrogens is 4. The summed E-state index contributed by atoms with van der Waals surface area (Å²) in [7, 11) is 3.50. The van der Waals surface area contributed by atoms with E-state index in [0.717, 1.165) is 10.8 Å². The first-order valence-electron chi connectivity index (χ1n) is 8.60. The van der Waals surface area contributed by atoms with Crippen LogP contribution in [0.4, 0.5) is 11.6 Å². The van der Waals surface area contributed by atoms with E-state index in [4.69, 9.17) is 5.73 Å². The molecule has 0 bridgehead atoms. The van der Waals surface area contributed by atoms with Crippen LogP contribution in [0.25, 0.3) is 10.8 Å². The van der Waals surface area contributed by atoms with Gasteiger partial charge in [0.2, 0.25) is 0 Å². The van der Waals surface area contributed by atoms with Crippen molar-refractivity contribution in [2.45, 2.75) is 0 Å². The summed E-state index contributed by atoms with van der Waals surface area (Å²) >= 11 is 0. The average molecular weight is 374 g/mol. The molecule has 2 amide bonds. The minimum atomic E-state index is -0.302. The number of amides is 2. The maximum absolute atomic E-state index is 12.6. The molecular formula is C20H18N6O2. The van der Waals surface area contributed by atoms with Crippen molar-refractivity contribution >= 4 is 34.2 Å². The zero-order valence-electron chi connectivity index (χ0n) is 15.4. The lowest BCUT2D eigenvalue weighted by atomic mass is 10.0. The molecule has 0 radical (unpaired) electrons. The first-order valence-corrected chi connectivity index (χ1v) is 8.60. The van der Waals surface area contributed by atoms with Gasteiger partial charge < -0.3 is 5.73 Å². The molecule has 0 aliphatic carbocycles. The van der Waals surface area contributed by atoms with Crippen LogP contribution in [0.2, 0.25) is 0 Å². The second kappa shape index (κ2) is 6.66. The lowest BCUT2D eigenvalue weighted by Crippen LogP contribution is -2.31. The van der Waals surface area contributed by atoms with Crippen LogP contribution in [-0.4, -0.2) is 31.4 Å². The van der Waals surface area contributed by atoms with Gasteiger partial charge in [0.05, 0.1) is 23.5 Å². The molecule has 2 aromatic heterocycles. The summed E-state index contributed by atoms with van der Waals surface area (Å²) in [5, 5.41) is 9.72. The van der Waals surface area contributed by atoms with E-state index in [-0.39, 0.29) is 11.8 Å². The lowest BCUT2D eigenvalue weighted by Gasteiger charge is -2.12. The minimum Gasteiger partial charge on any atom is -0.384 e. The number of nitrogens with zero attached hydrogens (tertiary/aromatic N) is 5. The number of aryl methyl sites for hydroxylation is 2. The normalized spacial score (nSPS) is 12.9. The number of benzene rings is 2. The van der Waals surface area contributed by atoms with Crippen molar-refractivity contribution < 1.29 is 9.59 Å². The van der Waals surface area contributed by atoms with Crippen molar-refractivity contribution in [3.63, 3.8) is 0 Å². The van der Waals surface area contributed by atoms with E-state index in [9.17, 15) is 9.59 Å². The standard InChI is InChI=1S/C16H11N3O2.C4H7N3/c1-18-14(6-7-17-18)19-15(20)12-8-10-4-2-3-5-11(10)9-13(12)16(19)21;1-7-4(5)2-3-6-7/h2-9H,1H3;2-3H,5H2,1H3. The molecule has 8 nitrogen and oxygen atoms in total. The zero-order valence-corrected chi connectivity index (χ0v) is 15.4. The number of hydrogen-bond donors (Lipinski definition) is 1. The Hall–Kier alpha value is -3.94. The van der Waals surface area contributed by atoms with Crippen molar-refractivity contribution in [2.24, 2.45) is 14.1 Å². The van der Waals surface area contributed by atoms with Crippen LogP contribution in [-0.2, 0) is 14.1 Å². The van der Waals surface area contributed by atoms with Gasteiger partial charge in [-0.1, -0.05) is 24.3 Å². The molecule has 1 aliphatic rings. The molecule has 140 valence electrons. The first kappa shape index (κ1) is 17.5. The molecule has 2 aromatic carbocycles. The third-order valence-electron chi connectivity index (χ3n) is 4.64. The smallest absolute Gasteiger partial charge is 0.267 e. The van der Waals surface area contributed by atoms with Crippen LogP contribution in [0.3, 0.4) is 0 Å². The average Bonchev–Trinajstić information content (AvgIpc) is 3.34. The van der Waals surface area contributed by atoms with Gasteiger partial charge >= 0.3 is 0 Å². The summed E-state index contributed by atoms with van der Waals surface area (Å²) in [6.45, 7) is 0. The largest absolute Gasteiger partial charge is 0.384 e. The van der Waals surface area contributed by atoms with Gasteiger partial charge in [0.15, 0.2) is 0 Å². The number of fused-ring (bicyclic) bond motifs is 2. The zero-order chi connectivity index (χ0) is 19.8. The fourth-order valence-electron chi connectivity index (χ4n) is 3.11. The molecule has 0 fully saturated rings. The van der Waals surface area contributed by atoms with E-state index < -0.39 is 0 Å². The number of nitrogen functional groups attached to an aromatic ring is 1. The fraction of sp³-hybridized carbons (Fsp3) is 0.100.